The Balaban J connectivity index is 1.49. The first-order valence-electron chi connectivity index (χ1n) is 14.1. The van der Waals surface area contributed by atoms with E-state index in [2.05, 4.69) is 82.3 Å². The van der Waals surface area contributed by atoms with E-state index in [0.29, 0.717) is 13.0 Å². The highest BCUT2D eigenvalue weighted by Gasteiger charge is 2.75. The lowest BCUT2D eigenvalue weighted by Gasteiger charge is -2.44. The minimum absolute atomic E-state index is 0.105. The molecule has 0 unspecified atom stereocenters. The summed E-state index contributed by atoms with van der Waals surface area (Å²) in [5.41, 5.74) is -1.19. The quantitative estimate of drug-likeness (QED) is 0.139. The van der Waals surface area contributed by atoms with Gasteiger partial charge in [-0.05, 0) is 34.3 Å². The van der Waals surface area contributed by atoms with E-state index in [1.54, 1.807) is 0 Å². The summed E-state index contributed by atoms with van der Waals surface area (Å²) in [6.45, 7) is 9.36. The molecule has 2 aliphatic heterocycles. The Morgan fingerprint density at radius 1 is 0.947 bits per heavy atom. The van der Waals surface area contributed by atoms with Crippen LogP contribution in [0.3, 0.4) is 0 Å². The molecule has 2 bridgehead atoms. The van der Waals surface area contributed by atoms with Crippen molar-refractivity contribution < 1.29 is 23.5 Å². The van der Waals surface area contributed by atoms with Gasteiger partial charge in [-0.1, -0.05) is 107 Å². The van der Waals surface area contributed by atoms with Gasteiger partial charge in [-0.2, -0.15) is 0 Å². The van der Waals surface area contributed by atoms with Crippen molar-refractivity contribution in [1.29, 1.82) is 0 Å². The molecule has 2 aromatic rings. The summed E-state index contributed by atoms with van der Waals surface area (Å²) in [6, 6.07) is 21.1. The first-order valence-corrected chi connectivity index (χ1v) is 16.0. The van der Waals surface area contributed by atoms with Crippen LogP contribution in [-0.4, -0.2) is 39.1 Å². The third kappa shape index (κ3) is 4.26. The molecular formula is C32H40O5Si. The molecule has 0 radical (unpaired) electrons. The zero-order valence-electron chi connectivity index (χ0n) is 23.0. The van der Waals surface area contributed by atoms with Crippen LogP contribution in [-0.2, 0) is 23.5 Å². The summed E-state index contributed by atoms with van der Waals surface area (Å²) >= 11 is 0. The molecule has 5 atom stereocenters. The highest BCUT2D eigenvalue weighted by Crippen LogP contribution is 2.61. The van der Waals surface area contributed by atoms with E-state index >= 15 is 0 Å². The minimum Gasteiger partial charge on any atom is -0.461 e. The minimum atomic E-state index is -2.77. The summed E-state index contributed by atoms with van der Waals surface area (Å²) in [6.07, 6.45) is 8.15. The highest BCUT2D eigenvalue weighted by molar-refractivity contribution is 6.99. The van der Waals surface area contributed by atoms with Crippen LogP contribution in [0.25, 0.3) is 0 Å². The molecule has 6 heteroatoms. The monoisotopic (exact) mass is 532 g/mol. The average molecular weight is 533 g/mol. The van der Waals surface area contributed by atoms with E-state index < -0.39 is 31.8 Å². The molecule has 2 aromatic carbocycles. The van der Waals surface area contributed by atoms with Gasteiger partial charge in [0.2, 0.25) is 0 Å². The standard InChI is InChI=1S/C32H40O5Si/c1-5-6-7-8-15-20-26-28-25(27-21-32(28,29(33)36-26)30(34)37-27)22-35-38(31(2,3)4,23-16-11-9-12-17-23)24-18-13-10-14-19-24/h9-20,25-28H,5-8,21-22H2,1-4H3/b20-15+/t25-,26-,27-,28-,32+/m0/s1. The van der Waals surface area contributed by atoms with Crippen LogP contribution in [0.15, 0.2) is 72.8 Å². The summed E-state index contributed by atoms with van der Waals surface area (Å²) in [5, 5.41) is 2.25. The number of hydrogen-bond acceptors (Lipinski definition) is 5. The molecular weight excluding hydrogens is 492 g/mol. The van der Waals surface area contributed by atoms with Gasteiger partial charge in [-0.3, -0.25) is 9.59 Å². The number of fused-ring (bicyclic) bond motifs is 1. The first-order chi connectivity index (χ1) is 18.3. The summed E-state index contributed by atoms with van der Waals surface area (Å²) in [5.74, 6) is -1.21. The van der Waals surface area contributed by atoms with Crippen molar-refractivity contribution in [1.82, 2.24) is 0 Å². The zero-order valence-corrected chi connectivity index (χ0v) is 24.0. The maximum atomic E-state index is 13.2. The van der Waals surface area contributed by atoms with Gasteiger partial charge in [0.15, 0.2) is 5.41 Å². The van der Waals surface area contributed by atoms with Gasteiger partial charge in [-0.25, -0.2) is 0 Å². The van der Waals surface area contributed by atoms with Crippen molar-refractivity contribution in [3.63, 3.8) is 0 Å². The van der Waals surface area contributed by atoms with Gasteiger partial charge in [0.25, 0.3) is 8.32 Å². The van der Waals surface area contributed by atoms with Crippen LogP contribution in [0.5, 0.6) is 0 Å². The molecule has 3 aliphatic rings. The Hall–Kier alpha value is -2.70. The molecule has 0 amide bonds. The number of unbranched alkanes of at least 4 members (excludes halogenated alkanes) is 3. The first kappa shape index (κ1) is 26.9. The topological polar surface area (TPSA) is 61.8 Å². The van der Waals surface area contributed by atoms with E-state index in [4.69, 9.17) is 13.9 Å². The number of rotatable bonds is 10. The fraction of sp³-hybridized carbons (Fsp3) is 0.500. The average Bonchev–Trinajstić information content (AvgIpc) is 3.51. The second kappa shape index (κ2) is 10.5. The predicted octanol–water partition coefficient (Wildman–Crippen LogP) is 5.17. The van der Waals surface area contributed by atoms with Crippen LogP contribution in [0.1, 0.15) is 59.8 Å². The fourth-order valence-corrected chi connectivity index (χ4v) is 11.6. The molecule has 3 fully saturated rings. The normalized spacial score (nSPS) is 28.5. The summed E-state index contributed by atoms with van der Waals surface area (Å²) < 4.78 is 18.9. The number of carbonyl (C=O) groups is 2. The maximum Gasteiger partial charge on any atom is 0.324 e. The van der Waals surface area contributed by atoms with Crippen molar-refractivity contribution in [3.05, 3.63) is 72.8 Å². The zero-order chi connectivity index (χ0) is 27.0. The summed E-state index contributed by atoms with van der Waals surface area (Å²) in [4.78, 5) is 26.1. The lowest BCUT2D eigenvalue weighted by Crippen LogP contribution is -2.67. The highest BCUT2D eigenvalue weighted by atomic mass is 28.4. The molecule has 2 heterocycles. The van der Waals surface area contributed by atoms with Crippen molar-refractivity contribution in [2.24, 2.45) is 17.3 Å². The van der Waals surface area contributed by atoms with E-state index in [0.717, 1.165) is 19.3 Å². The van der Waals surface area contributed by atoms with E-state index in [1.807, 2.05) is 18.2 Å². The number of ether oxygens (including phenoxy) is 2. The molecule has 1 spiro atoms. The molecule has 1 saturated carbocycles. The van der Waals surface area contributed by atoms with Crippen LogP contribution in [0.2, 0.25) is 5.04 Å². The van der Waals surface area contributed by atoms with Gasteiger partial charge < -0.3 is 13.9 Å². The van der Waals surface area contributed by atoms with Crippen LogP contribution in [0.4, 0.5) is 0 Å². The number of benzene rings is 2. The van der Waals surface area contributed by atoms with Gasteiger partial charge in [0, 0.05) is 24.9 Å². The lowest BCUT2D eigenvalue weighted by atomic mass is 9.74. The number of hydrogen-bond donors (Lipinski definition) is 0. The Labute approximate surface area is 227 Å². The second-order valence-corrected chi connectivity index (χ2v) is 16.4. The molecule has 2 saturated heterocycles. The molecule has 5 nitrogen and oxygen atoms in total. The number of carbonyl (C=O) groups excluding carboxylic acids is 2. The fourth-order valence-electron chi connectivity index (χ4n) is 7.02. The number of cyclic esters (lactones) is 1. The van der Waals surface area contributed by atoms with Crippen molar-refractivity contribution in [2.45, 2.75) is 77.0 Å². The van der Waals surface area contributed by atoms with Crippen molar-refractivity contribution in [2.75, 3.05) is 6.61 Å². The van der Waals surface area contributed by atoms with Crippen LogP contribution < -0.4 is 10.4 Å². The molecule has 0 N–H and O–H groups in total. The number of allylic oxidation sites excluding steroid dienone is 1. The molecule has 1 aliphatic carbocycles. The Kier molecular flexibility index (Phi) is 7.40. The molecule has 0 aromatic heterocycles. The lowest BCUT2D eigenvalue weighted by molar-refractivity contribution is -0.165. The van der Waals surface area contributed by atoms with Crippen molar-refractivity contribution in [3.8, 4) is 0 Å². The molecule has 5 rings (SSSR count). The van der Waals surface area contributed by atoms with Gasteiger partial charge in [0.05, 0.1) is 0 Å². The molecule has 38 heavy (non-hydrogen) atoms. The van der Waals surface area contributed by atoms with Crippen LogP contribution in [0, 0.1) is 17.3 Å². The maximum absolute atomic E-state index is 13.2. The third-order valence-electron chi connectivity index (χ3n) is 8.82. The van der Waals surface area contributed by atoms with Gasteiger partial charge in [0.1, 0.15) is 12.2 Å². The van der Waals surface area contributed by atoms with E-state index in [9.17, 15) is 9.59 Å². The summed E-state index contributed by atoms with van der Waals surface area (Å²) in [7, 11) is -2.77. The van der Waals surface area contributed by atoms with Crippen LogP contribution >= 0.6 is 0 Å². The van der Waals surface area contributed by atoms with E-state index in [1.165, 1.54) is 16.8 Å². The Morgan fingerprint density at radius 2 is 1.55 bits per heavy atom. The van der Waals surface area contributed by atoms with Gasteiger partial charge in [-0.15, -0.1) is 0 Å². The smallest absolute Gasteiger partial charge is 0.324 e. The molecule has 202 valence electrons. The van der Waals surface area contributed by atoms with Crippen molar-refractivity contribution >= 4 is 30.6 Å². The SMILES string of the molecule is CCCCC/C=C/[C@@H]1OC(=O)[C@]23C[C@H](OC2=O)[C@H](CO[Si](c2ccccc2)(c2ccccc2)C(C)(C)C)[C@@H]13. The Bertz CT molecular complexity index is 1130. The van der Waals surface area contributed by atoms with Gasteiger partial charge >= 0.3 is 11.9 Å². The Morgan fingerprint density at radius 3 is 2.13 bits per heavy atom. The number of esters is 2. The van der Waals surface area contributed by atoms with E-state index in [-0.39, 0.29) is 23.0 Å². The second-order valence-electron chi connectivity index (χ2n) is 12.1. The third-order valence-corrected chi connectivity index (χ3v) is 13.8. The largest absolute Gasteiger partial charge is 0.461 e. The predicted molar refractivity (Wildman–Crippen MR) is 151 cm³/mol.